The third kappa shape index (κ3) is 2.42. The summed E-state index contributed by atoms with van der Waals surface area (Å²) in [5.74, 6) is -0.760. The minimum absolute atomic E-state index is 0.0326. The molecule has 2 aliphatic rings. The van der Waals surface area contributed by atoms with Crippen molar-refractivity contribution in [3.63, 3.8) is 0 Å². The van der Waals surface area contributed by atoms with E-state index in [0.717, 1.165) is 25.8 Å². The van der Waals surface area contributed by atoms with E-state index in [1.54, 1.807) is 4.90 Å². The van der Waals surface area contributed by atoms with Crippen LogP contribution in [-0.4, -0.2) is 51.6 Å². The van der Waals surface area contributed by atoms with Gasteiger partial charge < -0.3 is 15.3 Å². The highest BCUT2D eigenvalue weighted by Gasteiger charge is 2.54. The maximum Gasteiger partial charge on any atom is 0.318 e. The number of carboxylic acids is 1. The molecule has 2 fully saturated rings. The molecule has 0 radical (unpaired) electrons. The highest BCUT2D eigenvalue weighted by Crippen LogP contribution is 2.40. The second kappa shape index (κ2) is 5.27. The molecule has 2 N–H and O–H groups in total. The van der Waals surface area contributed by atoms with Crippen LogP contribution in [0.4, 0.5) is 0 Å². The van der Waals surface area contributed by atoms with Crippen LogP contribution in [0.1, 0.15) is 26.2 Å². The molecule has 6 heteroatoms. The Hall–Kier alpha value is -0.750. The predicted octanol–water partition coefficient (Wildman–Crippen LogP) is 0.503. The van der Waals surface area contributed by atoms with Gasteiger partial charge in [0, 0.05) is 6.54 Å². The van der Waals surface area contributed by atoms with E-state index in [1.807, 2.05) is 0 Å². The monoisotopic (exact) mass is 258 g/mol. The van der Waals surface area contributed by atoms with Crippen LogP contribution in [0.25, 0.3) is 0 Å². The van der Waals surface area contributed by atoms with Gasteiger partial charge in [0.05, 0.1) is 0 Å². The van der Waals surface area contributed by atoms with Gasteiger partial charge in [-0.15, -0.1) is 11.8 Å². The minimum atomic E-state index is -0.818. The molecule has 2 rings (SSSR count). The van der Waals surface area contributed by atoms with E-state index in [2.05, 4.69) is 12.2 Å². The molecule has 3 atom stereocenters. The number of carboxylic acid groups (broad SMARTS) is 1. The van der Waals surface area contributed by atoms with Crippen molar-refractivity contribution < 1.29 is 14.7 Å². The summed E-state index contributed by atoms with van der Waals surface area (Å²) in [6.45, 7) is 3.34. The van der Waals surface area contributed by atoms with Crippen molar-refractivity contribution in [3.05, 3.63) is 0 Å². The normalized spacial score (nSPS) is 31.2. The van der Waals surface area contributed by atoms with E-state index >= 15 is 0 Å². The number of thioether (sulfide) groups is 1. The maximum absolute atomic E-state index is 11.7. The first-order chi connectivity index (χ1) is 8.15. The van der Waals surface area contributed by atoms with Gasteiger partial charge in [0.2, 0.25) is 5.91 Å². The number of carbonyl (C=O) groups is 2. The number of carbonyl (C=O) groups excluding carboxylic acids is 1. The van der Waals surface area contributed by atoms with Gasteiger partial charge in [-0.3, -0.25) is 9.59 Å². The Kier molecular flexibility index (Phi) is 3.93. The molecule has 1 amide bonds. The van der Waals surface area contributed by atoms with E-state index in [0.29, 0.717) is 6.54 Å². The molecule has 2 aliphatic heterocycles. The van der Waals surface area contributed by atoms with Gasteiger partial charge in [-0.05, 0) is 13.0 Å². The zero-order valence-electron chi connectivity index (χ0n) is 9.89. The Bertz CT molecular complexity index is 324. The lowest BCUT2D eigenvalue weighted by atomic mass is 10.1. The molecule has 0 bridgehead atoms. The lowest BCUT2D eigenvalue weighted by molar-refractivity contribution is -0.145. The van der Waals surface area contributed by atoms with Crippen molar-refractivity contribution >= 4 is 23.6 Å². The topological polar surface area (TPSA) is 69.6 Å². The first-order valence-electron chi connectivity index (χ1n) is 6.07. The van der Waals surface area contributed by atoms with Crippen molar-refractivity contribution in [1.82, 2.24) is 10.2 Å². The lowest BCUT2D eigenvalue weighted by Gasteiger charge is -2.41. The Morgan fingerprint density at radius 1 is 1.59 bits per heavy atom. The van der Waals surface area contributed by atoms with Gasteiger partial charge in [-0.1, -0.05) is 19.8 Å². The summed E-state index contributed by atoms with van der Waals surface area (Å²) >= 11 is 1.39. The summed E-state index contributed by atoms with van der Waals surface area (Å²) in [5.41, 5.74) is 0. The first kappa shape index (κ1) is 12.7. The largest absolute Gasteiger partial charge is 0.480 e. The third-order valence-electron chi connectivity index (χ3n) is 3.23. The number of nitrogens with one attached hydrogen (secondary N) is 1. The SMILES string of the molecule is CCCCCNC1C(=O)N2CC(C(=O)O)S[C@H]12. The molecule has 0 spiro atoms. The lowest BCUT2D eigenvalue weighted by Crippen LogP contribution is -2.66. The van der Waals surface area contributed by atoms with Gasteiger partial charge in [-0.25, -0.2) is 0 Å². The highest BCUT2D eigenvalue weighted by molar-refractivity contribution is 8.01. The van der Waals surface area contributed by atoms with Crippen LogP contribution in [0.3, 0.4) is 0 Å². The van der Waals surface area contributed by atoms with E-state index < -0.39 is 11.2 Å². The van der Waals surface area contributed by atoms with Crippen LogP contribution in [0.5, 0.6) is 0 Å². The van der Waals surface area contributed by atoms with E-state index in [4.69, 9.17) is 5.11 Å². The van der Waals surface area contributed by atoms with Crippen LogP contribution in [-0.2, 0) is 9.59 Å². The summed E-state index contributed by atoms with van der Waals surface area (Å²) < 4.78 is 0. The number of unbranched alkanes of at least 4 members (excludes halogenated alkanes) is 2. The number of hydrogen-bond acceptors (Lipinski definition) is 4. The number of hydrogen-bond donors (Lipinski definition) is 2. The number of nitrogens with zero attached hydrogens (tertiary/aromatic N) is 1. The average Bonchev–Trinajstić information content (AvgIpc) is 2.69. The van der Waals surface area contributed by atoms with Gasteiger partial charge in [0.1, 0.15) is 16.7 Å². The zero-order valence-corrected chi connectivity index (χ0v) is 10.7. The number of fused-ring (bicyclic) bond motifs is 1. The fourth-order valence-electron chi connectivity index (χ4n) is 2.22. The molecule has 2 heterocycles. The molecule has 0 aliphatic carbocycles. The maximum atomic E-state index is 11.7. The summed E-state index contributed by atoms with van der Waals surface area (Å²) in [5, 5.41) is 11.7. The molecule has 2 unspecified atom stereocenters. The summed E-state index contributed by atoms with van der Waals surface area (Å²) in [6.07, 6.45) is 3.39. The van der Waals surface area contributed by atoms with Crippen molar-refractivity contribution in [3.8, 4) is 0 Å². The Labute approximate surface area is 105 Å². The van der Waals surface area contributed by atoms with E-state index in [9.17, 15) is 9.59 Å². The summed E-state index contributed by atoms with van der Waals surface area (Å²) in [4.78, 5) is 24.3. The Morgan fingerprint density at radius 3 is 3.00 bits per heavy atom. The van der Waals surface area contributed by atoms with Crippen molar-refractivity contribution in [1.29, 1.82) is 0 Å². The van der Waals surface area contributed by atoms with Gasteiger partial charge >= 0.3 is 5.97 Å². The molecular weight excluding hydrogens is 240 g/mol. The summed E-state index contributed by atoms with van der Waals surface area (Å²) in [6, 6.07) is -0.166. The Balaban J connectivity index is 1.79. The summed E-state index contributed by atoms with van der Waals surface area (Å²) in [7, 11) is 0. The average molecular weight is 258 g/mol. The van der Waals surface area contributed by atoms with Crippen LogP contribution in [0, 0.1) is 0 Å². The number of rotatable bonds is 6. The van der Waals surface area contributed by atoms with E-state index in [-0.39, 0.29) is 17.3 Å². The fraction of sp³-hybridized carbons (Fsp3) is 0.818. The van der Waals surface area contributed by atoms with Crippen molar-refractivity contribution in [2.24, 2.45) is 0 Å². The van der Waals surface area contributed by atoms with Crippen LogP contribution in [0.2, 0.25) is 0 Å². The van der Waals surface area contributed by atoms with Crippen LogP contribution < -0.4 is 5.32 Å². The van der Waals surface area contributed by atoms with Gasteiger partial charge in [0.15, 0.2) is 0 Å². The fourth-order valence-corrected chi connectivity index (χ4v) is 3.62. The number of β-lactam (4-membered cyclic amide) rings is 1. The van der Waals surface area contributed by atoms with Crippen LogP contribution >= 0.6 is 11.8 Å². The minimum Gasteiger partial charge on any atom is -0.480 e. The first-order valence-corrected chi connectivity index (χ1v) is 7.01. The molecule has 0 saturated carbocycles. The highest BCUT2D eigenvalue weighted by atomic mass is 32.2. The van der Waals surface area contributed by atoms with Crippen molar-refractivity contribution in [2.45, 2.75) is 42.9 Å². The third-order valence-corrected chi connectivity index (χ3v) is 4.71. The molecule has 96 valence electrons. The molecule has 0 aromatic heterocycles. The molecule has 2 saturated heterocycles. The smallest absolute Gasteiger partial charge is 0.318 e. The molecule has 0 aromatic carbocycles. The van der Waals surface area contributed by atoms with Crippen molar-refractivity contribution in [2.75, 3.05) is 13.1 Å². The molecule has 5 nitrogen and oxygen atoms in total. The predicted molar refractivity (Wildman–Crippen MR) is 65.8 cm³/mol. The Morgan fingerprint density at radius 2 is 2.35 bits per heavy atom. The van der Waals surface area contributed by atoms with E-state index in [1.165, 1.54) is 11.8 Å². The second-order valence-electron chi connectivity index (χ2n) is 4.48. The molecule has 17 heavy (non-hydrogen) atoms. The molecule has 0 aromatic rings. The second-order valence-corrected chi connectivity index (χ2v) is 5.81. The number of amides is 1. The zero-order chi connectivity index (χ0) is 12.4. The number of aliphatic carboxylic acids is 1. The quantitative estimate of drug-likeness (QED) is 0.536. The standard InChI is InChI=1S/C11H18N2O3S/c1-2-3-4-5-12-8-9(14)13-6-7(11(15)16)17-10(8)13/h7-8,10,12H,2-6H2,1H3,(H,15,16)/t7?,8?,10-/m1/s1. The molecular formula is C11H18N2O3S. The van der Waals surface area contributed by atoms with Gasteiger partial charge in [-0.2, -0.15) is 0 Å². The van der Waals surface area contributed by atoms with Crippen LogP contribution in [0.15, 0.2) is 0 Å². The van der Waals surface area contributed by atoms with Gasteiger partial charge in [0.25, 0.3) is 0 Å².